The predicted octanol–water partition coefficient (Wildman–Crippen LogP) is 3.88. The number of hydrogen-bond acceptors (Lipinski definition) is 4. The number of nitrogens with zero attached hydrogens (tertiary/aromatic N) is 1. The van der Waals surface area contributed by atoms with Crippen LogP contribution in [0, 0.1) is 13.8 Å². The number of fused-ring (bicyclic) bond motifs is 1. The standard InChI is InChI=1S/C23H25N3O4/c1-13-19(21(27)23(29)24-16-6-4-5-7-16)14(2)26(3)20(13)22(28)25-17-8-9-18-15(12-17)10-11-30-18/h8-12,16H,4-7H2,1-3H3,(H,24,29)(H,25,28). The first-order chi connectivity index (χ1) is 14.4. The van der Waals surface area contributed by atoms with E-state index >= 15 is 0 Å². The summed E-state index contributed by atoms with van der Waals surface area (Å²) in [5, 5.41) is 6.59. The first-order valence-corrected chi connectivity index (χ1v) is 10.2. The SMILES string of the molecule is Cc1c(C(=O)C(=O)NC2CCCC2)c(C)n(C)c1C(=O)Nc1ccc2occc2c1. The van der Waals surface area contributed by atoms with Gasteiger partial charge in [0.25, 0.3) is 17.6 Å². The second-order valence-electron chi connectivity index (χ2n) is 7.90. The molecule has 1 fully saturated rings. The Morgan fingerprint density at radius 3 is 2.57 bits per heavy atom. The number of carbonyl (C=O) groups excluding carboxylic acids is 3. The highest BCUT2D eigenvalue weighted by Gasteiger charge is 2.30. The van der Waals surface area contributed by atoms with Crippen molar-refractivity contribution < 1.29 is 18.8 Å². The summed E-state index contributed by atoms with van der Waals surface area (Å²) >= 11 is 0. The van der Waals surface area contributed by atoms with Crippen molar-refractivity contribution in [3.8, 4) is 0 Å². The smallest absolute Gasteiger partial charge is 0.292 e. The third kappa shape index (κ3) is 3.51. The molecule has 7 heteroatoms. The monoisotopic (exact) mass is 407 g/mol. The third-order valence-electron chi connectivity index (χ3n) is 5.98. The van der Waals surface area contributed by atoms with Gasteiger partial charge in [-0.05, 0) is 56.5 Å². The van der Waals surface area contributed by atoms with E-state index in [9.17, 15) is 14.4 Å². The Hall–Kier alpha value is -3.35. The number of Topliss-reactive ketones (excluding diaryl/α,β-unsaturated/α-hetero) is 1. The minimum absolute atomic E-state index is 0.0615. The molecule has 1 aliphatic rings. The van der Waals surface area contributed by atoms with Gasteiger partial charge in [-0.15, -0.1) is 0 Å². The molecule has 1 aliphatic carbocycles. The third-order valence-corrected chi connectivity index (χ3v) is 5.98. The molecule has 0 atom stereocenters. The fourth-order valence-corrected chi connectivity index (χ4v) is 4.30. The van der Waals surface area contributed by atoms with Crippen molar-refractivity contribution in [1.29, 1.82) is 0 Å². The lowest BCUT2D eigenvalue weighted by Gasteiger charge is -2.11. The van der Waals surface area contributed by atoms with Gasteiger partial charge < -0.3 is 19.6 Å². The molecule has 0 saturated heterocycles. The van der Waals surface area contributed by atoms with Gasteiger partial charge in [0.15, 0.2) is 0 Å². The molecule has 0 spiro atoms. The van der Waals surface area contributed by atoms with Crippen molar-refractivity contribution >= 4 is 34.3 Å². The highest BCUT2D eigenvalue weighted by atomic mass is 16.3. The maximum Gasteiger partial charge on any atom is 0.292 e. The molecular formula is C23H25N3O4. The zero-order valence-electron chi connectivity index (χ0n) is 17.4. The molecule has 30 heavy (non-hydrogen) atoms. The zero-order chi connectivity index (χ0) is 21.4. The summed E-state index contributed by atoms with van der Waals surface area (Å²) in [6.07, 6.45) is 5.53. The molecule has 1 aromatic carbocycles. The summed E-state index contributed by atoms with van der Waals surface area (Å²) in [6.45, 7) is 3.45. The van der Waals surface area contributed by atoms with Crippen molar-refractivity contribution in [2.24, 2.45) is 7.05 Å². The summed E-state index contributed by atoms with van der Waals surface area (Å²) in [4.78, 5) is 38.4. The number of ketones is 1. The zero-order valence-corrected chi connectivity index (χ0v) is 17.4. The van der Waals surface area contributed by atoms with E-state index in [4.69, 9.17) is 4.42 Å². The molecule has 0 unspecified atom stereocenters. The summed E-state index contributed by atoms with van der Waals surface area (Å²) in [5.41, 5.74) is 3.11. The van der Waals surface area contributed by atoms with E-state index in [0.717, 1.165) is 36.7 Å². The molecule has 2 aromatic heterocycles. The van der Waals surface area contributed by atoms with Crippen molar-refractivity contribution in [3.05, 3.63) is 53.0 Å². The lowest BCUT2D eigenvalue weighted by atomic mass is 10.0. The Balaban J connectivity index is 1.58. The topological polar surface area (TPSA) is 93.3 Å². The van der Waals surface area contributed by atoms with Gasteiger partial charge in [-0.3, -0.25) is 14.4 Å². The molecule has 3 aromatic rings. The van der Waals surface area contributed by atoms with E-state index in [0.29, 0.717) is 28.2 Å². The van der Waals surface area contributed by atoms with Crippen molar-refractivity contribution in [2.45, 2.75) is 45.6 Å². The summed E-state index contributed by atoms with van der Waals surface area (Å²) in [7, 11) is 1.72. The van der Waals surface area contributed by atoms with E-state index in [2.05, 4.69) is 10.6 Å². The number of rotatable bonds is 5. The van der Waals surface area contributed by atoms with Crippen LogP contribution in [-0.4, -0.2) is 28.2 Å². The largest absolute Gasteiger partial charge is 0.464 e. The number of carbonyl (C=O) groups is 3. The Morgan fingerprint density at radius 1 is 1.10 bits per heavy atom. The summed E-state index contributed by atoms with van der Waals surface area (Å²) in [5.74, 6) is -1.53. The number of aromatic nitrogens is 1. The predicted molar refractivity (Wildman–Crippen MR) is 114 cm³/mol. The lowest BCUT2D eigenvalue weighted by Crippen LogP contribution is -2.38. The molecule has 0 aliphatic heterocycles. The highest BCUT2D eigenvalue weighted by molar-refractivity contribution is 6.43. The second-order valence-corrected chi connectivity index (χ2v) is 7.90. The van der Waals surface area contributed by atoms with E-state index in [1.54, 1.807) is 43.9 Å². The number of anilines is 1. The first-order valence-electron chi connectivity index (χ1n) is 10.2. The quantitative estimate of drug-likeness (QED) is 0.496. The van der Waals surface area contributed by atoms with Crippen molar-refractivity contribution in [3.63, 3.8) is 0 Å². The minimum atomic E-state index is -0.601. The molecule has 0 bridgehead atoms. The summed E-state index contributed by atoms with van der Waals surface area (Å²) < 4.78 is 6.99. The van der Waals surface area contributed by atoms with Crippen LogP contribution in [0.4, 0.5) is 5.69 Å². The van der Waals surface area contributed by atoms with Crippen LogP contribution in [0.25, 0.3) is 11.0 Å². The first kappa shape index (κ1) is 19.9. The molecular weight excluding hydrogens is 382 g/mol. The van der Waals surface area contributed by atoms with E-state index in [1.165, 1.54) is 0 Å². The van der Waals surface area contributed by atoms with Gasteiger partial charge in [0.2, 0.25) is 0 Å². The van der Waals surface area contributed by atoms with Crippen LogP contribution in [0.3, 0.4) is 0 Å². The number of benzene rings is 1. The Labute approximate surface area is 174 Å². The number of furan rings is 1. The fraction of sp³-hybridized carbons (Fsp3) is 0.348. The molecule has 4 rings (SSSR count). The number of nitrogens with one attached hydrogen (secondary N) is 2. The maximum atomic E-state index is 13.0. The molecule has 2 N–H and O–H groups in total. The van der Waals surface area contributed by atoms with Crippen LogP contribution in [0.2, 0.25) is 0 Å². The second kappa shape index (κ2) is 7.82. The van der Waals surface area contributed by atoms with Gasteiger partial charge >= 0.3 is 0 Å². The van der Waals surface area contributed by atoms with E-state index in [-0.39, 0.29) is 11.9 Å². The molecule has 2 heterocycles. The van der Waals surface area contributed by atoms with Crippen molar-refractivity contribution in [1.82, 2.24) is 9.88 Å². The Bertz CT molecular complexity index is 1150. The van der Waals surface area contributed by atoms with Gasteiger partial charge in [-0.2, -0.15) is 0 Å². The van der Waals surface area contributed by atoms with Gasteiger partial charge in [0.05, 0.1) is 11.8 Å². The molecule has 156 valence electrons. The highest BCUT2D eigenvalue weighted by Crippen LogP contribution is 2.25. The van der Waals surface area contributed by atoms with Crippen LogP contribution in [0.5, 0.6) is 0 Å². The number of hydrogen-bond donors (Lipinski definition) is 2. The average Bonchev–Trinajstić information content (AvgIpc) is 3.42. The van der Waals surface area contributed by atoms with Gasteiger partial charge in [0, 0.05) is 29.9 Å². The van der Waals surface area contributed by atoms with E-state index in [1.807, 2.05) is 12.1 Å². The minimum Gasteiger partial charge on any atom is -0.464 e. The normalized spacial score (nSPS) is 14.2. The summed E-state index contributed by atoms with van der Waals surface area (Å²) in [6, 6.07) is 7.25. The Morgan fingerprint density at radius 2 is 1.83 bits per heavy atom. The van der Waals surface area contributed by atoms with E-state index < -0.39 is 11.7 Å². The molecule has 1 saturated carbocycles. The molecule has 7 nitrogen and oxygen atoms in total. The average molecular weight is 407 g/mol. The lowest BCUT2D eigenvalue weighted by molar-refractivity contribution is -0.117. The van der Waals surface area contributed by atoms with Crippen LogP contribution < -0.4 is 10.6 Å². The van der Waals surface area contributed by atoms with Gasteiger partial charge in [-0.25, -0.2) is 0 Å². The van der Waals surface area contributed by atoms with Crippen LogP contribution >= 0.6 is 0 Å². The van der Waals surface area contributed by atoms with Crippen LogP contribution in [0.1, 0.15) is 57.8 Å². The van der Waals surface area contributed by atoms with Gasteiger partial charge in [-0.1, -0.05) is 12.8 Å². The van der Waals surface area contributed by atoms with Crippen molar-refractivity contribution in [2.75, 3.05) is 5.32 Å². The fourth-order valence-electron chi connectivity index (χ4n) is 4.30. The number of amides is 2. The van der Waals surface area contributed by atoms with Crippen LogP contribution in [-0.2, 0) is 11.8 Å². The molecule has 2 amide bonds. The maximum absolute atomic E-state index is 13.0. The van der Waals surface area contributed by atoms with Crippen LogP contribution in [0.15, 0.2) is 34.9 Å². The van der Waals surface area contributed by atoms with Gasteiger partial charge in [0.1, 0.15) is 11.3 Å². The molecule has 0 radical (unpaired) electrons. The Kier molecular flexibility index (Phi) is 5.20.